The molecule has 2 aliphatic rings. The molecule has 0 aromatic carbocycles. The van der Waals surface area contributed by atoms with E-state index in [-0.39, 0.29) is 0 Å². The van der Waals surface area contributed by atoms with E-state index in [1.807, 2.05) is 6.92 Å². The molecule has 2 atom stereocenters. The minimum absolute atomic E-state index is 0.736. The molecule has 1 aromatic rings. The average molecular weight is 150 g/mol. The quantitative estimate of drug-likeness (QED) is 0.603. The number of hydrogen-bond donors (Lipinski definition) is 1. The molecule has 0 amide bonds. The summed E-state index contributed by atoms with van der Waals surface area (Å²) in [5.74, 6) is 2.53. The Labute approximate surface area is 64.8 Å². The molecule has 3 heteroatoms. The Bertz CT molecular complexity index is 305. The molecule has 1 aliphatic carbocycles. The number of aryl methyl sites for hydroxylation is 1. The molecule has 1 aliphatic heterocycles. The van der Waals surface area contributed by atoms with Crippen molar-refractivity contribution in [2.75, 3.05) is 6.61 Å². The number of rotatable bonds is 0. The summed E-state index contributed by atoms with van der Waals surface area (Å²) in [6.07, 6.45) is 1.29. The number of ether oxygens (including phenoxy) is 1. The summed E-state index contributed by atoms with van der Waals surface area (Å²) < 4.78 is 5.55. The largest absolute Gasteiger partial charge is 0.489 e. The van der Waals surface area contributed by atoms with Crippen LogP contribution in [0.15, 0.2) is 0 Å². The lowest BCUT2D eigenvalue weighted by atomic mass is 10.2. The molecule has 1 saturated carbocycles. The molecule has 2 heterocycles. The second-order valence-electron chi connectivity index (χ2n) is 3.47. The predicted octanol–water partition coefficient (Wildman–Crippen LogP) is 1.21. The van der Waals surface area contributed by atoms with Crippen molar-refractivity contribution < 1.29 is 4.74 Å². The van der Waals surface area contributed by atoms with Crippen molar-refractivity contribution in [3.63, 3.8) is 0 Å². The van der Waals surface area contributed by atoms with E-state index in [0.29, 0.717) is 0 Å². The maximum absolute atomic E-state index is 5.55. The van der Waals surface area contributed by atoms with Gasteiger partial charge in [-0.2, -0.15) is 5.10 Å². The van der Waals surface area contributed by atoms with Crippen LogP contribution in [0.1, 0.15) is 23.7 Å². The molecule has 3 nitrogen and oxygen atoms in total. The lowest BCUT2D eigenvalue weighted by molar-refractivity contribution is 0.277. The van der Waals surface area contributed by atoms with Gasteiger partial charge in [0.25, 0.3) is 0 Å². The van der Waals surface area contributed by atoms with Crippen molar-refractivity contribution >= 4 is 0 Å². The number of aromatic nitrogens is 2. The summed E-state index contributed by atoms with van der Waals surface area (Å²) in [6, 6.07) is 0. The lowest BCUT2D eigenvalue weighted by Crippen LogP contribution is -2.07. The van der Waals surface area contributed by atoms with Crippen molar-refractivity contribution in [1.82, 2.24) is 10.2 Å². The predicted molar refractivity (Wildman–Crippen MR) is 39.7 cm³/mol. The molecule has 2 unspecified atom stereocenters. The lowest BCUT2D eigenvalue weighted by Gasteiger charge is -2.11. The van der Waals surface area contributed by atoms with Crippen molar-refractivity contribution in [1.29, 1.82) is 0 Å². The number of hydrogen-bond acceptors (Lipinski definition) is 2. The summed E-state index contributed by atoms with van der Waals surface area (Å²) in [4.78, 5) is 0. The van der Waals surface area contributed by atoms with Crippen LogP contribution in [0.3, 0.4) is 0 Å². The fourth-order valence-electron chi connectivity index (χ4n) is 1.85. The summed E-state index contributed by atoms with van der Waals surface area (Å²) in [7, 11) is 0. The molecule has 3 rings (SSSR count). The second kappa shape index (κ2) is 1.60. The molecule has 0 saturated heterocycles. The first-order valence-electron chi connectivity index (χ1n) is 4.04. The number of nitrogens with zero attached hydrogens (tertiary/aromatic N) is 1. The van der Waals surface area contributed by atoms with Gasteiger partial charge in [0.05, 0.1) is 12.3 Å². The van der Waals surface area contributed by atoms with E-state index in [1.54, 1.807) is 0 Å². The Kier molecular flexibility index (Phi) is 0.819. The fourth-order valence-corrected chi connectivity index (χ4v) is 1.85. The van der Waals surface area contributed by atoms with E-state index in [1.165, 1.54) is 12.1 Å². The molecular weight excluding hydrogens is 140 g/mol. The fraction of sp³-hybridized carbons (Fsp3) is 0.625. The van der Waals surface area contributed by atoms with Gasteiger partial charge in [-0.1, -0.05) is 0 Å². The van der Waals surface area contributed by atoms with Crippen LogP contribution in [0.5, 0.6) is 5.75 Å². The third kappa shape index (κ3) is 0.607. The summed E-state index contributed by atoms with van der Waals surface area (Å²) in [6.45, 7) is 2.88. The van der Waals surface area contributed by atoms with E-state index < -0.39 is 0 Å². The topological polar surface area (TPSA) is 37.9 Å². The Hall–Kier alpha value is -0.990. The third-order valence-electron chi connectivity index (χ3n) is 2.65. The highest BCUT2D eigenvalue weighted by atomic mass is 16.5. The highest BCUT2D eigenvalue weighted by Gasteiger charge is 2.45. The van der Waals surface area contributed by atoms with E-state index in [4.69, 9.17) is 4.74 Å². The van der Waals surface area contributed by atoms with Gasteiger partial charge < -0.3 is 4.74 Å². The minimum atomic E-state index is 0.736. The zero-order chi connectivity index (χ0) is 7.42. The van der Waals surface area contributed by atoms with Gasteiger partial charge in [-0.15, -0.1) is 0 Å². The monoisotopic (exact) mass is 150 g/mol. The van der Waals surface area contributed by atoms with Gasteiger partial charge in [-0.3, -0.25) is 5.10 Å². The number of fused-ring (bicyclic) bond motifs is 3. The zero-order valence-corrected chi connectivity index (χ0v) is 6.42. The zero-order valence-electron chi connectivity index (χ0n) is 6.42. The van der Waals surface area contributed by atoms with Gasteiger partial charge >= 0.3 is 0 Å². The molecule has 0 radical (unpaired) electrons. The van der Waals surface area contributed by atoms with Gasteiger partial charge in [-0.05, 0) is 13.3 Å². The molecule has 1 N–H and O–H groups in total. The smallest absolute Gasteiger partial charge is 0.163 e. The normalized spacial score (nSPS) is 32.1. The van der Waals surface area contributed by atoms with Crippen LogP contribution in [-0.2, 0) is 0 Å². The van der Waals surface area contributed by atoms with Crippen LogP contribution >= 0.6 is 0 Å². The summed E-state index contributed by atoms with van der Waals surface area (Å²) in [5, 5.41) is 7.17. The van der Waals surface area contributed by atoms with E-state index >= 15 is 0 Å². The Morgan fingerprint density at radius 1 is 1.64 bits per heavy atom. The van der Waals surface area contributed by atoms with Crippen LogP contribution in [0.4, 0.5) is 0 Å². The van der Waals surface area contributed by atoms with Crippen molar-refractivity contribution in [3.8, 4) is 5.75 Å². The van der Waals surface area contributed by atoms with Gasteiger partial charge in [0.1, 0.15) is 5.69 Å². The number of nitrogens with one attached hydrogen (secondary N) is 1. The van der Waals surface area contributed by atoms with E-state index in [0.717, 1.165) is 29.9 Å². The molecule has 0 spiro atoms. The first kappa shape index (κ1) is 5.63. The van der Waals surface area contributed by atoms with E-state index in [2.05, 4.69) is 10.2 Å². The molecule has 58 valence electrons. The minimum Gasteiger partial charge on any atom is -0.489 e. The Balaban J connectivity index is 2.16. The van der Waals surface area contributed by atoms with Gasteiger partial charge in [0.2, 0.25) is 0 Å². The molecule has 1 fully saturated rings. The Morgan fingerprint density at radius 2 is 2.55 bits per heavy atom. The third-order valence-corrected chi connectivity index (χ3v) is 2.65. The van der Waals surface area contributed by atoms with E-state index in [9.17, 15) is 0 Å². The van der Waals surface area contributed by atoms with Crippen molar-refractivity contribution in [2.24, 2.45) is 5.92 Å². The van der Waals surface area contributed by atoms with Crippen LogP contribution in [0, 0.1) is 12.8 Å². The second-order valence-corrected chi connectivity index (χ2v) is 3.47. The number of H-pyrrole nitrogens is 1. The highest BCUT2D eigenvalue weighted by Crippen LogP contribution is 2.53. The van der Waals surface area contributed by atoms with Crippen molar-refractivity contribution in [3.05, 3.63) is 11.4 Å². The maximum Gasteiger partial charge on any atom is 0.163 e. The number of aromatic amines is 1. The highest BCUT2D eigenvalue weighted by molar-refractivity contribution is 5.39. The average Bonchev–Trinajstić information content (AvgIpc) is 2.71. The van der Waals surface area contributed by atoms with Crippen molar-refractivity contribution in [2.45, 2.75) is 19.3 Å². The summed E-state index contributed by atoms with van der Waals surface area (Å²) in [5.41, 5.74) is 2.24. The van der Waals surface area contributed by atoms with Gasteiger partial charge in [-0.25, -0.2) is 0 Å². The first-order valence-corrected chi connectivity index (χ1v) is 4.04. The molecule has 0 bridgehead atoms. The van der Waals surface area contributed by atoms with Crippen LogP contribution in [-0.4, -0.2) is 16.8 Å². The molecule has 11 heavy (non-hydrogen) atoms. The maximum atomic E-state index is 5.55. The van der Waals surface area contributed by atoms with Crippen LogP contribution in [0.25, 0.3) is 0 Å². The standard InChI is InChI=1S/C8H10N2O/c1-4-8-7(10-9-4)6-2-5(6)3-11-8/h5-6H,2-3H2,1H3,(H,9,10). The van der Waals surface area contributed by atoms with Gasteiger partial charge in [0.15, 0.2) is 5.75 Å². The summed E-state index contributed by atoms with van der Waals surface area (Å²) >= 11 is 0. The first-order chi connectivity index (χ1) is 5.36. The Morgan fingerprint density at radius 3 is 3.45 bits per heavy atom. The van der Waals surface area contributed by atoms with Crippen LogP contribution < -0.4 is 4.74 Å². The van der Waals surface area contributed by atoms with Crippen LogP contribution in [0.2, 0.25) is 0 Å². The molecule has 1 aromatic heterocycles. The van der Waals surface area contributed by atoms with Gasteiger partial charge in [0, 0.05) is 11.8 Å². The SMILES string of the molecule is Cc1n[nH]c2c1OCC1CC21. The molecular formula is C8H10N2O.